The van der Waals surface area contributed by atoms with E-state index in [2.05, 4.69) is 4.28 Å². The van der Waals surface area contributed by atoms with Crippen LogP contribution in [-0.4, -0.2) is 15.2 Å². The van der Waals surface area contributed by atoms with Gasteiger partial charge < -0.3 is 4.79 Å². The number of nitrogens with two attached hydrogens (primary N) is 1. The van der Waals surface area contributed by atoms with Gasteiger partial charge in [0.2, 0.25) is 0 Å². The van der Waals surface area contributed by atoms with Crippen molar-refractivity contribution in [3.63, 3.8) is 0 Å². The van der Waals surface area contributed by atoms with Gasteiger partial charge in [-0.25, -0.2) is 0 Å². The molecule has 0 saturated carbocycles. The molecule has 0 aliphatic carbocycles. The van der Waals surface area contributed by atoms with Gasteiger partial charge >= 0.3 is 10.1 Å². The molecule has 0 radical (unpaired) electrons. The van der Waals surface area contributed by atoms with E-state index >= 15 is 0 Å². The van der Waals surface area contributed by atoms with Gasteiger partial charge in [-0.05, 0) is 11.5 Å². The number of hydrogen-bond donors (Lipinski definition) is 1. The summed E-state index contributed by atoms with van der Waals surface area (Å²) in [5.41, 5.74) is 0. The fourth-order valence-corrected chi connectivity index (χ4v) is 2.27. The van der Waals surface area contributed by atoms with Crippen LogP contribution in [0.25, 0.3) is 10.8 Å². The normalized spacial score (nSPS) is 10.6. The molecule has 0 aromatic heterocycles. The molecule has 0 spiro atoms. The van der Waals surface area contributed by atoms with Crippen molar-refractivity contribution in [3.8, 4) is 0 Å². The number of fused-ring (bicyclic) bond motifs is 1. The lowest BCUT2D eigenvalue weighted by atomic mass is 10.1. The summed E-state index contributed by atoms with van der Waals surface area (Å²) in [5.74, 6) is 4.74. The molecule has 2 rings (SSSR count). The molecule has 17 heavy (non-hydrogen) atoms. The molecule has 0 heterocycles. The minimum Gasteiger partial charge on any atom is -0.307 e. The molecule has 2 N–H and O–H groups in total. The van der Waals surface area contributed by atoms with Crippen LogP contribution < -0.4 is 5.90 Å². The molecule has 6 heteroatoms. The fourth-order valence-electron chi connectivity index (χ4n) is 1.47. The first-order valence-corrected chi connectivity index (χ1v) is 5.96. The van der Waals surface area contributed by atoms with Crippen molar-refractivity contribution >= 4 is 27.7 Å². The Labute approximate surface area is 98.9 Å². The van der Waals surface area contributed by atoms with Gasteiger partial charge in [0.05, 0.1) is 0 Å². The minimum absolute atomic E-state index is 0.0862. The average molecular weight is 253 g/mol. The Balaban J connectivity index is 0.000000686. The molecular formula is C11H11NO4S. The zero-order valence-electron chi connectivity index (χ0n) is 8.87. The van der Waals surface area contributed by atoms with Gasteiger partial charge in [0.1, 0.15) is 11.7 Å². The van der Waals surface area contributed by atoms with Crippen molar-refractivity contribution in [1.82, 2.24) is 0 Å². The number of carbonyl (C=O) groups excluding carboxylic acids is 1. The van der Waals surface area contributed by atoms with Crippen LogP contribution in [-0.2, 0) is 19.2 Å². The first-order valence-electron chi connectivity index (χ1n) is 4.55. The van der Waals surface area contributed by atoms with Crippen molar-refractivity contribution in [2.24, 2.45) is 5.90 Å². The van der Waals surface area contributed by atoms with E-state index in [1.807, 2.05) is 25.0 Å². The van der Waals surface area contributed by atoms with E-state index in [0.29, 0.717) is 5.39 Å². The predicted molar refractivity (Wildman–Crippen MR) is 63.5 cm³/mol. The Morgan fingerprint density at radius 3 is 2.24 bits per heavy atom. The maximum Gasteiger partial charge on any atom is 0.313 e. The SMILES string of the molecule is C=O.NOS(=O)(=O)c1cccc2ccccc12. The second kappa shape index (κ2) is 5.53. The van der Waals surface area contributed by atoms with Gasteiger partial charge in [0.25, 0.3) is 0 Å². The Kier molecular flexibility index (Phi) is 4.33. The molecule has 0 saturated heterocycles. The fraction of sp³-hybridized carbons (Fsp3) is 0. The third kappa shape index (κ3) is 2.68. The lowest BCUT2D eigenvalue weighted by Crippen LogP contribution is -2.11. The number of rotatable bonds is 2. The second-order valence-corrected chi connectivity index (χ2v) is 4.57. The zero-order chi connectivity index (χ0) is 12.9. The van der Waals surface area contributed by atoms with Crippen LogP contribution >= 0.6 is 0 Å². The highest BCUT2D eigenvalue weighted by molar-refractivity contribution is 7.87. The largest absolute Gasteiger partial charge is 0.313 e. The highest BCUT2D eigenvalue weighted by Gasteiger charge is 2.16. The number of benzene rings is 2. The quantitative estimate of drug-likeness (QED) is 0.813. The molecule has 2 aromatic carbocycles. The van der Waals surface area contributed by atoms with Crippen molar-refractivity contribution in [2.45, 2.75) is 4.90 Å². The monoisotopic (exact) mass is 253 g/mol. The van der Waals surface area contributed by atoms with Crippen LogP contribution in [0.5, 0.6) is 0 Å². The minimum atomic E-state index is -3.85. The topological polar surface area (TPSA) is 86.5 Å². The third-order valence-corrected chi connectivity index (χ3v) is 3.29. The molecule has 0 unspecified atom stereocenters. The van der Waals surface area contributed by atoms with E-state index in [0.717, 1.165) is 5.39 Å². The molecular weight excluding hydrogens is 242 g/mol. The number of hydrogen-bond acceptors (Lipinski definition) is 5. The Morgan fingerprint density at radius 2 is 1.59 bits per heavy atom. The molecule has 0 aliphatic rings. The summed E-state index contributed by atoms with van der Waals surface area (Å²) in [4.78, 5) is 8.09. The zero-order valence-corrected chi connectivity index (χ0v) is 9.68. The average Bonchev–Trinajstić information content (AvgIpc) is 2.40. The predicted octanol–water partition coefficient (Wildman–Crippen LogP) is 1.23. The summed E-state index contributed by atoms with van der Waals surface area (Å²) in [5, 5.41) is 1.43. The first kappa shape index (κ1) is 13.3. The van der Waals surface area contributed by atoms with Crippen molar-refractivity contribution < 1.29 is 17.5 Å². The molecule has 0 atom stereocenters. The standard InChI is InChI=1S/C10H9NO3S.CH2O/c11-14-15(12,13)10-7-3-5-8-4-1-2-6-9(8)10;1-2/h1-7H,11H2;1H2. The molecule has 0 aliphatic heterocycles. The van der Waals surface area contributed by atoms with Gasteiger partial charge in [-0.15, -0.1) is 0 Å². The van der Waals surface area contributed by atoms with E-state index in [-0.39, 0.29) is 4.90 Å². The smallest absolute Gasteiger partial charge is 0.307 e. The van der Waals surface area contributed by atoms with Crippen molar-refractivity contribution in [3.05, 3.63) is 42.5 Å². The molecule has 90 valence electrons. The maximum absolute atomic E-state index is 11.5. The van der Waals surface area contributed by atoms with Crippen LogP contribution in [0.3, 0.4) is 0 Å². The third-order valence-electron chi connectivity index (χ3n) is 2.15. The highest BCUT2D eigenvalue weighted by atomic mass is 32.2. The van der Waals surface area contributed by atoms with E-state index < -0.39 is 10.1 Å². The molecule has 2 aromatic rings. The van der Waals surface area contributed by atoms with E-state index in [1.165, 1.54) is 6.07 Å². The van der Waals surface area contributed by atoms with Crippen LogP contribution in [0.1, 0.15) is 0 Å². The van der Waals surface area contributed by atoms with Crippen molar-refractivity contribution in [1.29, 1.82) is 0 Å². The second-order valence-electron chi connectivity index (χ2n) is 3.03. The van der Waals surface area contributed by atoms with Gasteiger partial charge in [-0.3, -0.25) is 0 Å². The number of carbonyl (C=O) groups is 1. The molecule has 5 nitrogen and oxygen atoms in total. The lowest BCUT2D eigenvalue weighted by molar-refractivity contribution is -0.0979. The van der Waals surface area contributed by atoms with Crippen LogP contribution in [0.4, 0.5) is 0 Å². The summed E-state index contributed by atoms with van der Waals surface area (Å²) in [6, 6.07) is 12.1. The van der Waals surface area contributed by atoms with Crippen LogP contribution in [0.2, 0.25) is 0 Å². The Morgan fingerprint density at radius 1 is 1.00 bits per heavy atom. The highest BCUT2D eigenvalue weighted by Crippen LogP contribution is 2.23. The summed E-state index contributed by atoms with van der Waals surface area (Å²) in [7, 11) is -3.85. The molecule has 0 bridgehead atoms. The van der Waals surface area contributed by atoms with Crippen LogP contribution in [0.15, 0.2) is 47.4 Å². The van der Waals surface area contributed by atoms with Gasteiger partial charge in [-0.2, -0.15) is 18.6 Å². The molecule has 0 amide bonds. The summed E-state index contributed by atoms with van der Waals surface area (Å²) in [6.07, 6.45) is 0. The van der Waals surface area contributed by atoms with E-state index in [9.17, 15) is 8.42 Å². The van der Waals surface area contributed by atoms with Crippen molar-refractivity contribution in [2.75, 3.05) is 0 Å². The Hall–Kier alpha value is -1.76. The van der Waals surface area contributed by atoms with Crippen LogP contribution in [0, 0.1) is 0 Å². The summed E-state index contributed by atoms with van der Waals surface area (Å²) < 4.78 is 26.9. The first-order chi connectivity index (χ1) is 8.15. The lowest BCUT2D eigenvalue weighted by Gasteiger charge is -2.04. The van der Waals surface area contributed by atoms with Gasteiger partial charge in [0.15, 0.2) is 0 Å². The van der Waals surface area contributed by atoms with E-state index in [1.54, 1.807) is 18.2 Å². The Bertz CT molecular complexity index is 604. The van der Waals surface area contributed by atoms with Gasteiger partial charge in [0, 0.05) is 5.39 Å². The van der Waals surface area contributed by atoms with Gasteiger partial charge in [-0.1, -0.05) is 36.4 Å². The molecule has 0 fully saturated rings. The summed E-state index contributed by atoms with van der Waals surface area (Å²) >= 11 is 0. The van der Waals surface area contributed by atoms with E-state index in [4.69, 9.17) is 10.7 Å². The maximum atomic E-state index is 11.5. The summed E-state index contributed by atoms with van der Waals surface area (Å²) in [6.45, 7) is 2.00.